The number of nitrogens with two attached hydrogens (primary N) is 1. The number of rotatable bonds is 7. The molecule has 6 heteroatoms. The van der Waals surface area contributed by atoms with Gasteiger partial charge < -0.3 is 19.9 Å². The van der Waals surface area contributed by atoms with Gasteiger partial charge in [-0.05, 0) is 65.3 Å². The molecular formula is C19H20BrNO4. The third-order valence-electron chi connectivity index (χ3n) is 3.51. The van der Waals surface area contributed by atoms with E-state index in [1.165, 1.54) is 0 Å². The highest BCUT2D eigenvalue weighted by atomic mass is 79.9. The van der Waals surface area contributed by atoms with Gasteiger partial charge in [0.15, 0.2) is 5.78 Å². The van der Waals surface area contributed by atoms with Crippen LogP contribution >= 0.6 is 15.9 Å². The molecule has 2 aromatic rings. The van der Waals surface area contributed by atoms with Crippen molar-refractivity contribution in [2.45, 2.75) is 6.92 Å². The summed E-state index contributed by atoms with van der Waals surface area (Å²) in [5, 5.41) is 0. The van der Waals surface area contributed by atoms with E-state index >= 15 is 0 Å². The van der Waals surface area contributed by atoms with Crippen LogP contribution in [0, 0.1) is 0 Å². The van der Waals surface area contributed by atoms with Gasteiger partial charge in [-0.3, -0.25) is 4.79 Å². The number of anilines is 1. The van der Waals surface area contributed by atoms with Crippen molar-refractivity contribution in [1.29, 1.82) is 0 Å². The average molecular weight is 406 g/mol. The lowest BCUT2D eigenvalue weighted by Gasteiger charge is -2.10. The number of ketones is 1. The summed E-state index contributed by atoms with van der Waals surface area (Å²) in [6, 6.07) is 10.3. The number of Topliss-reactive ketones (excluding diaryl/α,β-unsaturated/α-hetero) is 1. The standard InChI is InChI=1S/C19H20BrNO4/c1-4-25-18-11-12(5-7-16(18)21)19(22)15(20)10-13-9-14(23-2)6-8-17(13)24-3/h5-11H,4,21H2,1-3H3. The molecule has 0 aromatic heterocycles. The largest absolute Gasteiger partial charge is 0.497 e. The second kappa shape index (κ2) is 8.58. The van der Waals surface area contributed by atoms with Gasteiger partial charge in [0.25, 0.3) is 0 Å². The molecule has 2 aromatic carbocycles. The van der Waals surface area contributed by atoms with Crippen LogP contribution in [-0.4, -0.2) is 26.6 Å². The monoisotopic (exact) mass is 405 g/mol. The van der Waals surface area contributed by atoms with E-state index in [-0.39, 0.29) is 5.78 Å². The van der Waals surface area contributed by atoms with Gasteiger partial charge in [0.1, 0.15) is 17.2 Å². The lowest BCUT2D eigenvalue weighted by molar-refractivity contribution is 0.104. The van der Waals surface area contributed by atoms with E-state index in [2.05, 4.69) is 15.9 Å². The normalized spacial score (nSPS) is 11.1. The third-order valence-corrected chi connectivity index (χ3v) is 4.10. The zero-order valence-electron chi connectivity index (χ0n) is 14.3. The molecule has 0 aliphatic rings. The fourth-order valence-electron chi connectivity index (χ4n) is 2.25. The number of hydrogen-bond donors (Lipinski definition) is 1. The van der Waals surface area contributed by atoms with Gasteiger partial charge in [-0.1, -0.05) is 0 Å². The SMILES string of the molecule is CCOc1cc(C(=O)C(Br)=Cc2cc(OC)ccc2OC)ccc1N. The topological polar surface area (TPSA) is 70.8 Å². The second-order valence-corrected chi connectivity index (χ2v) is 5.97. The van der Waals surface area contributed by atoms with Crippen LogP contribution in [0.3, 0.4) is 0 Å². The Labute approximate surface area is 155 Å². The minimum Gasteiger partial charge on any atom is -0.497 e. The predicted molar refractivity (Wildman–Crippen MR) is 103 cm³/mol. The molecule has 0 saturated carbocycles. The quantitative estimate of drug-likeness (QED) is 0.422. The van der Waals surface area contributed by atoms with Crippen molar-refractivity contribution in [1.82, 2.24) is 0 Å². The molecule has 5 nitrogen and oxygen atoms in total. The Morgan fingerprint density at radius 3 is 2.52 bits per heavy atom. The fraction of sp³-hybridized carbons (Fsp3) is 0.211. The van der Waals surface area contributed by atoms with Crippen LogP contribution in [0.15, 0.2) is 40.9 Å². The fourth-order valence-corrected chi connectivity index (χ4v) is 2.72. The molecule has 0 saturated heterocycles. The number of ether oxygens (including phenoxy) is 3. The van der Waals surface area contributed by atoms with Gasteiger partial charge in [0.2, 0.25) is 0 Å². The Balaban J connectivity index is 2.37. The zero-order chi connectivity index (χ0) is 18.4. The lowest BCUT2D eigenvalue weighted by Crippen LogP contribution is -2.03. The van der Waals surface area contributed by atoms with E-state index in [0.717, 1.165) is 5.56 Å². The molecule has 0 aliphatic heterocycles. The summed E-state index contributed by atoms with van der Waals surface area (Å²) in [7, 11) is 3.16. The molecule has 0 bridgehead atoms. The summed E-state index contributed by atoms with van der Waals surface area (Å²) in [5.41, 5.74) is 7.54. The molecule has 2 N–H and O–H groups in total. The number of halogens is 1. The summed E-state index contributed by atoms with van der Waals surface area (Å²) in [6.45, 7) is 2.33. The molecule has 0 spiro atoms. The van der Waals surface area contributed by atoms with Crippen LogP contribution in [0.1, 0.15) is 22.8 Å². The Morgan fingerprint density at radius 1 is 1.12 bits per heavy atom. The van der Waals surface area contributed by atoms with Crippen molar-refractivity contribution in [3.63, 3.8) is 0 Å². The first-order chi connectivity index (χ1) is 12.0. The minimum absolute atomic E-state index is 0.189. The van der Waals surface area contributed by atoms with Crippen molar-refractivity contribution in [3.05, 3.63) is 52.0 Å². The number of carbonyl (C=O) groups is 1. The van der Waals surface area contributed by atoms with Gasteiger partial charge in [-0.15, -0.1) is 0 Å². The molecule has 0 aliphatic carbocycles. The van der Waals surface area contributed by atoms with E-state index < -0.39 is 0 Å². The van der Waals surface area contributed by atoms with Gasteiger partial charge in [-0.25, -0.2) is 0 Å². The molecule has 25 heavy (non-hydrogen) atoms. The van der Waals surface area contributed by atoms with E-state index in [9.17, 15) is 4.79 Å². The molecule has 0 heterocycles. The number of hydrogen-bond acceptors (Lipinski definition) is 5. The van der Waals surface area contributed by atoms with E-state index in [1.54, 1.807) is 56.7 Å². The van der Waals surface area contributed by atoms with Crippen LogP contribution < -0.4 is 19.9 Å². The van der Waals surface area contributed by atoms with E-state index in [4.69, 9.17) is 19.9 Å². The maximum atomic E-state index is 12.7. The molecule has 132 valence electrons. The first-order valence-corrected chi connectivity index (χ1v) is 8.45. The van der Waals surface area contributed by atoms with Gasteiger partial charge in [-0.2, -0.15) is 0 Å². The molecule has 0 amide bonds. The highest BCUT2D eigenvalue weighted by molar-refractivity contribution is 9.12. The highest BCUT2D eigenvalue weighted by Gasteiger charge is 2.14. The smallest absolute Gasteiger partial charge is 0.200 e. The number of carbonyl (C=O) groups excluding carboxylic acids is 1. The number of methoxy groups -OCH3 is 2. The molecule has 2 rings (SSSR count). The van der Waals surface area contributed by atoms with Crippen LogP contribution in [0.2, 0.25) is 0 Å². The van der Waals surface area contributed by atoms with Gasteiger partial charge in [0, 0.05) is 11.1 Å². The van der Waals surface area contributed by atoms with Crippen molar-refractivity contribution in [2.75, 3.05) is 26.6 Å². The first kappa shape index (κ1) is 18.9. The summed E-state index contributed by atoms with van der Waals surface area (Å²) in [4.78, 5) is 12.7. The maximum Gasteiger partial charge on any atom is 0.200 e. The zero-order valence-corrected chi connectivity index (χ0v) is 15.9. The molecule has 0 fully saturated rings. The average Bonchev–Trinajstić information content (AvgIpc) is 2.63. The molecular weight excluding hydrogens is 386 g/mol. The highest BCUT2D eigenvalue weighted by Crippen LogP contribution is 2.30. The van der Waals surface area contributed by atoms with E-state index in [1.807, 2.05) is 6.92 Å². The Bertz CT molecular complexity index is 802. The predicted octanol–water partition coefficient (Wildman–Crippen LogP) is 4.30. The Kier molecular flexibility index (Phi) is 6.47. The van der Waals surface area contributed by atoms with Gasteiger partial charge >= 0.3 is 0 Å². The second-order valence-electron chi connectivity index (χ2n) is 5.11. The maximum absolute atomic E-state index is 12.7. The van der Waals surface area contributed by atoms with Crippen LogP contribution in [0.4, 0.5) is 5.69 Å². The van der Waals surface area contributed by atoms with Crippen molar-refractivity contribution in [3.8, 4) is 17.2 Å². The Hall–Kier alpha value is -2.47. The van der Waals surface area contributed by atoms with Crippen LogP contribution in [-0.2, 0) is 0 Å². The number of benzene rings is 2. The number of allylic oxidation sites excluding steroid dienone is 1. The first-order valence-electron chi connectivity index (χ1n) is 7.66. The summed E-state index contributed by atoms with van der Waals surface area (Å²) < 4.78 is 16.4. The van der Waals surface area contributed by atoms with Crippen LogP contribution in [0.5, 0.6) is 17.2 Å². The molecule has 0 unspecified atom stereocenters. The van der Waals surface area contributed by atoms with Crippen molar-refractivity contribution < 1.29 is 19.0 Å². The Morgan fingerprint density at radius 2 is 1.88 bits per heavy atom. The van der Waals surface area contributed by atoms with Gasteiger partial charge in [0.05, 0.1) is 31.0 Å². The summed E-state index contributed by atoms with van der Waals surface area (Å²) >= 11 is 3.35. The molecule has 0 radical (unpaired) electrons. The van der Waals surface area contributed by atoms with Crippen molar-refractivity contribution >= 4 is 33.5 Å². The molecule has 0 atom stereocenters. The number of nitrogen functional groups attached to an aromatic ring is 1. The minimum atomic E-state index is -0.189. The van der Waals surface area contributed by atoms with E-state index in [0.29, 0.717) is 39.6 Å². The van der Waals surface area contributed by atoms with Crippen molar-refractivity contribution in [2.24, 2.45) is 0 Å². The third kappa shape index (κ3) is 4.54. The van der Waals surface area contributed by atoms with Crippen LogP contribution in [0.25, 0.3) is 6.08 Å². The lowest BCUT2D eigenvalue weighted by atomic mass is 10.1. The summed E-state index contributed by atoms with van der Waals surface area (Å²) in [6.07, 6.45) is 1.69. The summed E-state index contributed by atoms with van der Waals surface area (Å²) in [5.74, 6) is 1.61.